The Hall–Kier alpha value is -3.95. The molecule has 2 amide bonds. The molecule has 0 fully saturated rings. The first-order valence-electron chi connectivity index (χ1n) is 9.87. The Morgan fingerprint density at radius 3 is 1.88 bits per heavy atom. The van der Waals surface area contributed by atoms with Crippen molar-refractivity contribution < 1.29 is 23.9 Å². The number of fused-ring (bicyclic) bond motifs is 2. The maximum Gasteiger partial charge on any atom is 0.263 e. The molecule has 0 saturated heterocycles. The lowest BCUT2D eigenvalue weighted by atomic mass is 10.2. The lowest BCUT2D eigenvalue weighted by Gasteiger charge is -2.17. The number of carbonyl (C=O) groups is 3. The van der Waals surface area contributed by atoms with E-state index in [1.54, 1.807) is 12.1 Å². The Labute approximate surface area is 203 Å². The zero-order chi connectivity index (χ0) is 24.1. The molecule has 34 heavy (non-hydrogen) atoms. The number of rotatable bonds is 3. The first kappa shape index (κ1) is 23.2. The van der Waals surface area contributed by atoms with Gasteiger partial charge in [-0.25, -0.2) is 9.97 Å². The zero-order valence-electron chi connectivity index (χ0n) is 17.4. The first-order valence-corrected chi connectivity index (χ1v) is 10.6. The van der Waals surface area contributed by atoms with Gasteiger partial charge in [0, 0.05) is 12.1 Å². The monoisotopic (exact) mass is 498 g/mol. The fraction of sp³-hybridized carbons (Fsp3) is 0.0870. The molecule has 2 aromatic heterocycles. The van der Waals surface area contributed by atoms with Gasteiger partial charge in [-0.3, -0.25) is 14.4 Å². The second-order valence-electron chi connectivity index (χ2n) is 6.94. The molecule has 11 heteroatoms. The summed E-state index contributed by atoms with van der Waals surface area (Å²) in [6.45, 7) is -0.0738. The van der Waals surface area contributed by atoms with Gasteiger partial charge < -0.3 is 20.1 Å². The van der Waals surface area contributed by atoms with Gasteiger partial charge in [0.2, 0.25) is 0 Å². The van der Waals surface area contributed by atoms with E-state index in [0.29, 0.717) is 34.3 Å². The van der Waals surface area contributed by atoms with Crippen LogP contribution in [0.15, 0.2) is 42.5 Å². The number of aldehydes is 1. The highest BCUT2D eigenvalue weighted by atomic mass is 35.5. The molecular weight excluding hydrogens is 483 g/mol. The van der Waals surface area contributed by atoms with Gasteiger partial charge in [0.1, 0.15) is 5.69 Å². The number of pyridine rings is 2. The molecule has 0 aliphatic carbocycles. The number of anilines is 2. The fourth-order valence-corrected chi connectivity index (χ4v) is 3.32. The molecule has 2 aliphatic rings. The van der Waals surface area contributed by atoms with Crippen LogP contribution in [-0.2, 0) is 9.59 Å². The molecule has 2 aliphatic heterocycles. The topological polar surface area (TPSA) is 120 Å². The van der Waals surface area contributed by atoms with Crippen LogP contribution in [0.4, 0.5) is 11.6 Å². The van der Waals surface area contributed by atoms with E-state index in [0.717, 1.165) is 5.56 Å². The summed E-state index contributed by atoms with van der Waals surface area (Å²) < 4.78 is 10.3. The maximum absolute atomic E-state index is 11.3. The van der Waals surface area contributed by atoms with Crippen LogP contribution in [0.3, 0.4) is 0 Å². The molecular formula is C23H16Cl2N4O5. The van der Waals surface area contributed by atoms with Crippen LogP contribution in [0.1, 0.15) is 21.7 Å². The van der Waals surface area contributed by atoms with Crippen LogP contribution in [0.5, 0.6) is 11.5 Å². The summed E-state index contributed by atoms with van der Waals surface area (Å²) in [7, 11) is 0. The largest absolute Gasteiger partial charge is 0.480 e. The molecule has 1 aromatic carbocycles. The van der Waals surface area contributed by atoms with Crippen LogP contribution in [0, 0.1) is 0 Å². The molecule has 0 radical (unpaired) electrons. The third-order valence-corrected chi connectivity index (χ3v) is 5.12. The van der Waals surface area contributed by atoms with Crippen molar-refractivity contribution in [1.29, 1.82) is 0 Å². The summed E-state index contributed by atoms with van der Waals surface area (Å²) in [6.07, 6.45) is 4.23. The van der Waals surface area contributed by atoms with E-state index in [9.17, 15) is 14.4 Å². The number of ether oxygens (including phenoxy) is 2. The van der Waals surface area contributed by atoms with Gasteiger partial charge in [-0.2, -0.15) is 0 Å². The van der Waals surface area contributed by atoms with Crippen molar-refractivity contribution in [3.63, 3.8) is 0 Å². The van der Waals surface area contributed by atoms with Crippen molar-refractivity contribution in [2.45, 2.75) is 0 Å². The average Bonchev–Trinajstić information content (AvgIpc) is 2.84. The van der Waals surface area contributed by atoms with Crippen LogP contribution in [0.2, 0.25) is 10.0 Å². The number of hydrogen-bond donors (Lipinski definition) is 2. The fourth-order valence-electron chi connectivity index (χ4n) is 2.93. The number of aromatic nitrogens is 2. The minimum Gasteiger partial charge on any atom is -0.480 e. The molecule has 172 valence electrons. The first-order chi connectivity index (χ1) is 16.4. The van der Waals surface area contributed by atoms with E-state index in [4.69, 9.17) is 32.7 Å². The molecule has 9 nitrogen and oxygen atoms in total. The third kappa shape index (κ3) is 5.51. The van der Waals surface area contributed by atoms with Crippen molar-refractivity contribution in [2.75, 3.05) is 23.8 Å². The van der Waals surface area contributed by atoms with Gasteiger partial charge in [0.25, 0.3) is 11.8 Å². The molecule has 0 saturated carbocycles. The number of hydrogen-bond acceptors (Lipinski definition) is 7. The smallest absolute Gasteiger partial charge is 0.263 e. The second kappa shape index (κ2) is 10.3. The molecule has 3 aromatic rings. The average molecular weight is 499 g/mol. The van der Waals surface area contributed by atoms with E-state index < -0.39 is 0 Å². The number of benzene rings is 1. The number of carbonyl (C=O) groups excluding carboxylic acids is 3. The van der Waals surface area contributed by atoms with Crippen LogP contribution in [-0.4, -0.2) is 41.3 Å². The third-order valence-electron chi connectivity index (χ3n) is 4.51. The standard InChI is InChI=1S/C15H11ClN2O2.C8H5ClN2O3/c16-11-8-13-15(18-14(19)9-20-13)17-12(11)7-6-10-4-2-1-3-5-10;9-4-1-6-8(10-5(4)2-12)11-7(13)3-14-6/h1-8H,9H2,(H,17,18,19);1-2H,3H2,(H,10,11,13). The van der Waals surface area contributed by atoms with Crippen molar-refractivity contribution in [1.82, 2.24) is 9.97 Å². The van der Waals surface area contributed by atoms with Gasteiger partial charge in [0.15, 0.2) is 42.6 Å². The number of nitrogens with one attached hydrogen (secondary N) is 2. The van der Waals surface area contributed by atoms with E-state index in [1.807, 2.05) is 36.4 Å². The summed E-state index contributed by atoms with van der Waals surface area (Å²) in [5, 5.41) is 5.81. The Morgan fingerprint density at radius 2 is 1.32 bits per heavy atom. The number of halogens is 2. The van der Waals surface area contributed by atoms with E-state index in [1.165, 1.54) is 6.07 Å². The molecule has 2 N–H and O–H groups in total. The summed E-state index contributed by atoms with van der Waals surface area (Å²) in [5.74, 6) is 0.979. The SMILES string of the molecule is O=C1COc2cc(Cl)c(C=Cc3ccccc3)nc2N1.O=Cc1nc2c(cc1Cl)OCC(=O)N2. The predicted octanol–water partition coefficient (Wildman–Crippen LogP) is 4.11. The highest BCUT2D eigenvalue weighted by Gasteiger charge is 2.20. The maximum atomic E-state index is 11.3. The van der Waals surface area contributed by atoms with E-state index >= 15 is 0 Å². The zero-order valence-corrected chi connectivity index (χ0v) is 18.9. The van der Waals surface area contributed by atoms with Gasteiger partial charge in [-0.05, 0) is 11.6 Å². The Morgan fingerprint density at radius 1 is 0.794 bits per heavy atom. The van der Waals surface area contributed by atoms with Crippen molar-refractivity contribution in [2.24, 2.45) is 0 Å². The minimum atomic E-state index is -0.302. The van der Waals surface area contributed by atoms with Crippen LogP contribution < -0.4 is 20.1 Å². The van der Waals surface area contributed by atoms with Crippen molar-refractivity contribution >= 4 is 65.1 Å². The highest BCUT2D eigenvalue weighted by molar-refractivity contribution is 6.33. The van der Waals surface area contributed by atoms with Gasteiger partial charge in [0.05, 0.1) is 15.7 Å². The summed E-state index contributed by atoms with van der Waals surface area (Å²) in [5.41, 5.74) is 1.71. The number of amides is 2. The quantitative estimate of drug-likeness (QED) is 0.521. The van der Waals surface area contributed by atoms with Gasteiger partial charge >= 0.3 is 0 Å². The molecule has 4 heterocycles. The Balaban J connectivity index is 0.000000172. The summed E-state index contributed by atoms with van der Waals surface area (Å²) in [4.78, 5) is 40.8. The van der Waals surface area contributed by atoms with Crippen LogP contribution >= 0.6 is 23.2 Å². The minimum absolute atomic E-state index is 0.00971. The summed E-state index contributed by atoms with van der Waals surface area (Å²) >= 11 is 11.9. The van der Waals surface area contributed by atoms with E-state index in [-0.39, 0.29) is 41.6 Å². The lowest BCUT2D eigenvalue weighted by molar-refractivity contribution is -0.119. The van der Waals surface area contributed by atoms with E-state index in [2.05, 4.69) is 20.6 Å². The molecule has 5 rings (SSSR count). The molecule has 0 atom stereocenters. The van der Waals surface area contributed by atoms with Gasteiger partial charge in [-0.1, -0.05) is 59.6 Å². The molecule has 0 bridgehead atoms. The predicted molar refractivity (Wildman–Crippen MR) is 128 cm³/mol. The molecule has 0 spiro atoms. The number of nitrogens with zero attached hydrogens (tertiary/aromatic N) is 2. The van der Waals surface area contributed by atoms with Gasteiger partial charge in [-0.15, -0.1) is 0 Å². The van der Waals surface area contributed by atoms with Crippen LogP contribution in [0.25, 0.3) is 12.2 Å². The second-order valence-corrected chi connectivity index (χ2v) is 7.75. The Kier molecular flexibility index (Phi) is 7.05. The normalized spacial score (nSPS) is 13.8. The summed E-state index contributed by atoms with van der Waals surface area (Å²) in [6, 6.07) is 12.9. The molecule has 0 unspecified atom stereocenters. The highest BCUT2D eigenvalue weighted by Crippen LogP contribution is 2.31. The van der Waals surface area contributed by atoms with Crippen molar-refractivity contribution in [3.8, 4) is 11.5 Å². The Bertz CT molecular complexity index is 1300. The lowest BCUT2D eigenvalue weighted by Crippen LogP contribution is -2.26. The van der Waals surface area contributed by atoms with Crippen molar-refractivity contribution in [3.05, 3.63) is 69.5 Å².